The Labute approximate surface area is 204 Å². The Hall–Kier alpha value is -4.70. The first-order valence-corrected chi connectivity index (χ1v) is 10.7. The minimum absolute atomic E-state index is 0.130. The monoisotopic (exact) mass is 490 g/mol. The SMILES string of the molecule is Cc1cccc(-c2c(-c3ccc(Cl)cc3)nn(NC(=O)O)c2C(=O)NNC(=O)c2cccnc2)c1. The van der Waals surface area contributed by atoms with Crippen molar-refractivity contribution in [2.75, 3.05) is 5.43 Å². The third kappa shape index (κ3) is 5.28. The number of carbonyl (C=O) groups excluding carboxylic acids is 2. The van der Waals surface area contributed by atoms with Gasteiger partial charge in [-0.25, -0.2) is 10.2 Å². The lowest BCUT2D eigenvalue weighted by molar-refractivity contribution is 0.0841. The minimum atomic E-state index is -1.43. The summed E-state index contributed by atoms with van der Waals surface area (Å²) < 4.78 is 0. The average molecular weight is 491 g/mol. The van der Waals surface area contributed by atoms with Gasteiger partial charge in [-0.2, -0.15) is 9.89 Å². The van der Waals surface area contributed by atoms with E-state index in [1.807, 2.05) is 25.1 Å². The lowest BCUT2D eigenvalue weighted by atomic mass is 9.97. The third-order valence-corrected chi connectivity index (χ3v) is 5.19. The van der Waals surface area contributed by atoms with Gasteiger partial charge in [0, 0.05) is 28.5 Å². The predicted octanol–water partition coefficient (Wildman–Crippen LogP) is 3.87. The molecule has 2 heterocycles. The normalized spacial score (nSPS) is 10.5. The van der Waals surface area contributed by atoms with E-state index < -0.39 is 17.9 Å². The lowest BCUT2D eigenvalue weighted by Gasteiger charge is -2.11. The molecule has 0 radical (unpaired) electrons. The largest absolute Gasteiger partial charge is 0.464 e. The first-order valence-electron chi connectivity index (χ1n) is 10.3. The smallest absolute Gasteiger partial charge is 0.425 e. The summed E-state index contributed by atoms with van der Waals surface area (Å²) in [6, 6.07) is 17.2. The first kappa shape index (κ1) is 23.5. The highest BCUT2D eigenvalue weighted by molar-refractivity contribution is 6.30. The molecule has 35 heavy (non-hydrogen) atoms. The molecular weight excluding hydrogens is 472 g/mol. The molecule has 11 heteroatoms. The van der Waals surface area contributed by atoms with Gasteiger partial charge in [-0.05, 0) is 36.8 Å². The van der Waals surface area contributed by atoms with Crippen LogP contribution in [0.3, 0.4) is 0 Å². The van der Waals surface area contributed by atoms with Gasteiger partial charge in [0.2, 0.25) is 0 Å². The lowest BCUT2D eigenvalue weighted by Crippen LogP contribution is -2.43. The Bertz CT molecular complexity index is 1400. The number of hydrogen-bond donors (Lipinski definition) is 4. The van der Waals surface area contributed by atoms with Crippen molar-refractivity contribution in [3.8, 4) is 22.4 Å². The maximum absolute atomic E-state index is 13.3. The number of carboxylic acid groups (broad SMARTS) is 1. The summed E-state index contributed by atoms with van der Waals surface area (Å²) in [4.78, 5) is 41.9. The van der Waals surface area contributed by atoms with Crippen molar-refractivity contribution < 1.29 is 19.5 Å². The molecule has 4 rings (SSSR count). The topological polar surface area (TPSA) is 138 Å². The molecule has 4 N–H and O–H groups in total. The molecular formula is C24H19ClN6O4. The van der Waals surface area contributed by atoms with Crippen LogP contribution in [-0.2, 0) is 0 Å². The zero-order valence-corrected chi connectivity index (χ0v) is 19.1. The molecule has 0 fully saturated rings. The van der Waals surface area contributed by atoms with Crippen LogP contribution in [0.25, 0.3) is 22.4 Å². The Kier molecular flexibility index (Phi) is 6.74. The van der Waals surface area contributed by atoms with E-state index in [0.717, 1.165) is 10.4 Å². The van der Waals surface area contributed by atoms with Crippen LogP contribution >= 0.6 is 11.6 Å². The van der Waals surface area contributed by atoms with E-state index in [-0.39, 0.29) is 11.3 Å². The van der Waals surface area contributed by atoms with Crippen LogP contribution < -0.4 is 16.3 Å². The summed E-state index contributed by atoms with van der Waals surface area (Å²) in [5.41, 5.74) is 9.69. The molecule has 3 amide bonds. The number of aromatic nitrogens is 3. The van der Waals surface area contributed by atoms with Gasteiger partial charge >= 0.3 is 6.09 Å². The zero-order valence-electron chi connectivity index (χ0n) is 18.3. The Morgan fingerprint density at radius 2 is 1.69 bits per heavy atom. The number of carbonyl (C=O) groups is 3. The second kappa shape index (κ2) is 10.1. The molecule has 10 nitrogen and oxygen atoms in total. The highest BCUT2D eigenvalue weighted by atomic mass is 35.5. The maximum Gasteiger partial charge on any atom is 0.425 e. The van der Waals surface area contributed by atoms with Crippen molar-refractivity contribution in [1.29, 1.82) is 0 Å². The summed E-state index contributed by atoms with van der Waals surface area (Å²) in [5.74, 6) is -1.39. The van der Waals surface area contributed by atoms with E-state index in [2.05, 4.69) is 26.4 Å². The summed E-state index contributed by atoms with van der Waals surface area (Å²) in [7, 11) is 0. The van der Waals surface area contributed by atoms with Gasteiger partial charge in [0.15, 0.2) is 5.69 Å². The van der Waals surface area contributed by atoms with Crippen LogP contribution in [0.1, 0.15) is 26.4 Å². The fourth-order valence-electron chi connectivity index (χ4n) is 3.43. The van der Waals surface area contributed by atoms with Crippen LogP contribution in [0, 0.1) is 6.92 Å². The van der Waals surface area contributed by atoms with Crippen molar-refractivity contribution in [2.45, 2.75) is 6.92 Å². The molecule has 176 valence electrons. The van der Waals surface area contributed by atoms with Gasteiger partial charge in [-0.15, -0.1) is 0 Å². The highest BCUT2D eigenvalue weighted by Gasteiger charge is 2.27. The van der Waals surface area contributed by atoms with Gasteiger partial charge in [-0.3, -0.25) is 25.4 Å². The van der Waals surface area contributed by atoms with E-state index >= 15 is 0 Å². The molecule has 0 saturated heterocycles. The van der Waals surface area contributed by atoms with Crippen LogP contribution in [0.5, 0.6) is 0 Å². The van der Waals surface area contributed by atoms with Gasteiger partial charge in [-0.1, -0.05) is 53.6 Å². The van der Waals surface area contributed by atoms with Crippen molar-refractivity contribution in [3.05, 3.63) is 94.9 Å². The number of hydrazine groups is 1. The van der Waals surface area contributed by atoms with E-state index in [0.29, 0.717) is 27.4 Å². The maximum atomic E-state index is 13.3. The Morgan fingerprint density at radius 1 is 0.943 bits per heavy atom. The van der Waals surface area contributed by atoms with Gasteiger partial charge in [0.25, 0.3) is 11.8 Å². The average Bonchev–Trinajstić information content (AvgIpc) is 3.21. The molecule has 0 atom stereocenters. The molecule has 0 aliphatic rings. The van der Waals surface area contributed by atoms with Gasteiger partial charge < -0.3 is 5.11 Å². The Balaban J connectivity index is 1.81. The van der Waals surface area contributed by atoms with Crippen LogP contribution in [0.4, 0.5) is 4.79 Å². The molecule has 0 spiro atoms. The summed E-state index contributed by atoms with van der Waals surface area (Å²) in [6.45, 7) is 1.89. The van der Waals surface area contributed by atoms with Gasteiger partial charge in [0.1, 0.15) is 5.69 Å². The summed E-state index contributed by atoms with van der Waals surface area (Å²) in [6.07, 6.45) is 1.42. The summed E-state index contributed by atoms with van der Waals surface area (Å²) >= 11 is 6.03. The van der Waals surface area contributed by atoms with Crippen molar-refractivity contribution in [1.82, 2.24) is 25.7 Å². The number of halogens is 1. The van der Waals surface area contributed by atoms with Crippen molar-refractivity contribution in [2.24, 2.45) is 0 Å². The fourth-order valence-corrected chi connectivity index (χ4v) is 3.55. The number of nitrogens with one attached hydrogen (secondary N) is 3. The molecule has 2 aromatic heterocycles. The molecule has 4 aromatic rings. The third-order valence-electron chi connectivity index (χ3n) is 4.94. The van der Waals surface area contributed by atoms with Crippen molar-refractivity contribution >= 4 is 29.5 Å². The van der Waals surface area contributed by atoms with Gasteiger partial charge in [0.05, 0.1) is 5.56 Å². The standard InChI is InChI=1S/C24H19ClN6O4/c1-14-4-2-5-16(12-14)19-20(15-7-9-18(25)10-8-15)29-31(30-24(34)35)21(19)23(33)28-27-22(32)17-6-3-11-26-13-17/h2-13,30H,1H3,(H,27,32)(H,28,33)(H,34,35). The minimum Gasteiger partial charge on any atom is -0.464 e. The predicted molar refractivity (Wildman–Crippen MR) is 129 cm³/mol. The number of amides is 3. The Morgan fingerprint density at radius 3 is 2.34 bits per heavy atom. The molecule has 2 aromatic carbocycles. The highest BCUT2D eigenvalue weighted by Crippen LogP contribution is 2.35. The number of nitrogens with zero attached hydrogens (tertiary/aromatic N) is 3. The first-order chi connectivity index (χ1) is 16.8. The summed E-state index contributed by atoms with van der Waals surface area (Å²) in [5, 5.41) is 14.2. The molecule has 0 unspecified atom stereocenters. The van der Waals surface area contributed by atoms with E-state index in [1.165, 1.54) is 18.5 Å². The van der Waals surface area contributed by atoms with E-state index in [9.17, 15) is 19.5 Å². The number of aryl methyl sites for hydroxylation is 1. The number of rotatable bonds is 5. The molecule has 0 saturated carbocycles. The number of benzene rings is 2. The molecule has 0 aliphatic heterocycles. The second-order valence-corrected chi connectivity index (χ2v) is 7.86. The van der Waals surface area contributed by atoms with Crippen LogP contribution in [0.15, 0.2) is 73.1 Å². The van der Waals surface area contributed by atoms with E-state index in [1.54, 1.807) is 36.4 Å². The molecule has 0 bridgehead atoms. The fraction of sp³-hybridized carbons (Fsp3) is 0.0417. The van der Waals surface area contributed by atoms with Crippen LogP contribution in [0.2, 0.25) is 5.02 Å². The number of pyridine rings is 1. The van der Waals surface area contributed by atoms with E-state index in [4.69, 9.17) is 11.6 Å². The van der Waals surface area contributed by atoms with Crippen LogP contribution in [-0.4, -0.2) is 37.9 Å². The second-order valence-electron chi connectivity index (χ2n) is 7.43. The number of hydrogen-bond acceptors (Lipinski definition) is 5. The quantitative estimate of drug-likeness (QED) is 0.313. The van der Waals surface area contributed by atoms with Crippen molar-refractivity contribution in [3.63, 3.8) is 0 Å². The molecule has 0 aliphatic carbocycles. The zero-order chi connectivity index (χ0) is 24.9.